The van der Waals surface area contributed by atoms with Crippen molar-refractivity contribution in [1.29, 1.82) is 0 Å². The van der Waals surface area contributed by atoms with Gasteiger partial charge in [0, 0.05) is 85.4 Å². The Hall–Kier alpha value is -10.2. The number of hydrogen-bond acceptors (Lipinski definition) is 2. The van der Waals surface area contributed by atoms with Gasteiger partial charge >= 0.3 is 0 Å². The van der Waals surface area contributed by atoms with Crippen LogP contribution in [0.4, 0.5) is 11.4 Å². The van der Waals surface area contributed by atoms with Crippen LogP contribution in [-0.2, 0) is 12.8 Å². The molecule has 16 rings (SSSR count). The van der Waals surface area contributed by atoms with Crippen LogP contribution in [0.2, 0.25) is 0 Å². The topological polar surface area (TPSA) is 55.5 Å². The van der Waals surface area contributed by atoms with Crippen LogP contribution < -0.4 is 5.32 Å². The molecule has 5 heterocycles. The number of pyridine rings is 1. The van der Waals surface area contributed by atoms with Crippen molar-refractivity contribution in [3.8, 4) is 61.6 Å². The third-order valence-electron chi connectivity index (χ3n) is 16.2. The van der Waals surface area contributed by atoms with Crippen LogP contribution in [-0.4, -0.2) is 23.7 Å². The monoisotopic (exact) mass is 984 g/mol. The number of fused-ring (bicyclic) bond motifs is 12. The number of benzene rings is 10. The molecule has 1 aliphatic rings. The lowest BCUT2D eigenvalue weighted by Crippen LogP contribution is -2.05. The zero-order chi connectivity index (χ0) is 50.6. The third kappa shape index (κ3) is 6.92. The summed E-state index contributed by atoms with van der Waals surface area (Å²) in [5.41, 5.74) is 25.1. The van der Waals surface area contributed by atoms with E-state index in [1.807, 2.05) is 24.7 Å². The van der Waals surface area contributed by atoms with Crippen molar-refractivity contribution in [2.45, 2.75) is 12.8 Å². The average Bonchev–Trinajstić information content (AvgIpc) is 4.30. The minimum atomic E-state index is 0.960. The number of para-hydroxylation sites is 4. The van der Waals surface area contributed by atoms with E-state index in [2.05, 4.69) is 260 Å². The van der Waals surface area contributed by atoms with Crippen LogP contribution in [0.15, 0.2) is 255 Å². The van der Waals surface area contributed by atoms with Crippen molar-refractivity contribution >= 4 is 76.8 Å². The number of aromatic amines is 1. The summed E-state index contributed by atoms with van der Waals surface area (Å²) in [6.45, 7) is 0. The van der Waals surface area contributed by atoms with E-state index >= 15 is 0 Å². The highest BCUT2D eigenvalue weighted by atomic mass is 15.0. The van der Waals surface area contributed by atoms with Gasteiger partial charge in [-0.15, -0.1) is 0 Å². The van der Waals surface area contributed by atoms with Crippen LogP contribution in [0.1, 0.15) is 11.1 Å². The largest absolute Gasteiger partial charge is 0.366 e. The molecule has 15 aromatic rings. The number of H-pyrrole nitrogens is 1. The van der Waals surface area contributed by atoms with Gasteiger partial charge in [0.1, 0.15) is 0 Å². The Bertz CT molecular complexity index is 4810. The van der Waals surface area contributed by atoms with Crippen molar-refractivity contribution in [2.24, 2.45) is 0 Å². The Morgan fingerprint density at radius 3 is 1.49 bits per heavy atom. The molecule has 362 valence electrons. The first-order valence-corrected chi connectivity index (χ1v) is 26.5. The maximum absolute atomic E-state index is 4.44. The van der Waals surface area contributed by atoms with Gasteiger partial charge in [-0.05, 0) is 184 Å². The lowest BCUT2D eigenvalue weighted by Gasteiger charge is -2.21. The second kappa shape index (κ2) is 17.2. The molecule has 0 amide bonds. The predicted octanol–water partition coefficient (Wildman–Crippen LogP) is 18.2. The molecule has 6 nitrogen and oxygen atoms in total. The molecule has 77 heavy (non-hydrogen) atoms. The quantitative estimate of drug-likeness (QED) is 0.159. The van der Waals surface area contributed by atoms with Gasteiger partial charge in [-0.25, -0.2) is 0 Å². The smallest absolute Gasteiger partial charge is 0.0636 e. The van der Waals surface area contributed by atoms with Gasteiger partial charge in [-0.3, -0.25) is 4.98 Å². The molecular formula is C71H48N6. The molecule has 10 aromatic carbocycles. The molecule has 0 spiro atoms. The van der Waals surface area contributed by atoms with E-state index in [1.165, 1.54) is 121 Å². The Morgan fingerprint density at radius 1 is 0.338 bits per heavy atom. The Morgan fingerprint density at radius 2 is 0.844 bits per heavy atom. The third-order valence-corrected chi connectivity index (χ3v) is 16.2. The first-order valence-electron chi connectivity index (χ1n) is 26.5. The number of aryl methyl sites for hydroxylation is 2. The van der Waals surface area contributed by atoms with E-state index in [-0.39, 0.29) is 0 Å². The molecule has 0 aliphatic heterocycles. The summed E-state index contributed by atoms with van der Waals surface area (Å²) in [6.07, 6.45) is 9.86. The molecule has 0 atom stereocenters. The lowest BCUT2D eigenvalue weighted by molar-refractivity contribution is 0.946. The van der Waals surface area contributed by atoms with E-state index in [0.29, 0.717) is 0 Å². The second-order valence-electron chi connectivity index (χ2n) is 20.5. The highest BCUT2D eigenvalue weighted by Crippen LogP contribution is 2.46. The zero-order valence-corrected chi connectivity index (χ0v) is 42.0. The molecule has 0 unspecified atom stereocenters. The molecule has 0 saturated carbocycles. The fourth-order valence-corrected chi connectivity index (χ4v) is 12.7. The average molecular weight is 985 g/mol. The number of nitrogens with one attached hydrogen (secondary N) is 2. The number of hydrogen-bond donors (Lipinski definition) is 2. The summed E-state index contributed by atoms with van der Waals surface area (Å²) in [5, 5.41) is 11.2. The van der Waals surface area contributed by atoms with Crippen LogP contribution in [0.3, 0.4) is 0 Å². The maximum atomic E-state index is 4.44. The van der Waals surface area contributed by atoms with Gasteiger partial charge < -0.3 is 24.0 Å². The lowest BCUT2D eigenvalue weighted by atomic mass is 9.84. The van der Waals surface area contributed by atoms with Crippen LogP contribution in [0, 0.1) is 0 Å². The summed E-state index contributed by atoms with van der Waals surface area (Å²) >= 11 is 0. The highest BCUT2D eigenvalue weighted by Gasteiger charge is 2.25. The molecule has 0 radical (unpaired) electrons. The molecule has 5 aromatic heterocycles. The Labute approximate surface area is 444 Å². The fraction of sp³-hybridized carbons (Fsp3) is 0.0282. The van der Waals surface area contributed by atoms with Crippen molar-refractivity contribution in [3.63, 3.8) is 0 Å². The van der Waals surface area contributed by atoms with Gasteiger partial charge in [0.15, 0.2) is 0 Å². The van der Waals surface area contributed by atoms with Gasteiger partial charge in [0.2, 0.25) is 0 Å². The van der Waals surface area contributed by atoms with Gasteiger partial charge in [-0.1, -0.05) is 109 Å². The van der Waals surface area contributed by atoms with E-state index in [9.17, 15) is 0 Å². The standard InChI is InChI=1S/C71H48N6/c1-3-14-52(15-4-1)74-65-20-9-7-18-56(65)49-13-11-12-45(36-49)46-24-28-68-61(38-46)63-40-50-22-23-51-41-64-62-39-48(47-25-27-67-60(37-47)57-19-8-10-21-66(57)75(67)53-16-5-2-6-17-53)26-29-69(62)77(55-32-35-73-44-55)71(64)43-59(51)58(50)42-70(63)76(68)54-30-33-72-34-31-54/h1-21,24-44,73-74H,22-23H2. The summed E-state index contributed by atoms with van der Waals surface area (Å²) in [4.78, 5) is 7.81. The predicted molar refractivity (Wildman–Crippen MR) is 320 cm³/mol. The molecule has 6 heteroatoms. The van der Waals surface area contributed by atoms with Crippen molar-refractivity contribution in [1.82, 2.24) is 23.7 Å². The van der Waals surface area contributed by atoms with E-state index < -0.39 is 0 Å². The van der Waals surface area contributed by atoms with Crippen LogP contribution in [0.25, 0.3) is 127 Å². The Balaban J connectivity index is 0.835. The SMILES string of the molecule is c1ccc(Nc2ccccc2-c2cccc(-c3ccc4c(c3)c3cc5c(cc3n4-c3ccncc3)-c3cc4c(cc3CC5)c3cc(-c5ccc6c(c5)c5ccccc5n6-c5ccccc5)ccc3n4-c3cc[nH]c3)c2)cc1. The zero-order valence-electron chi connectivity index (χ0n) is 42.0. The van der Waals surface area contributed by atoms with Crippen LogP contribution >= 0.6 is 0 Å². The molecular weight excluding hydrogens is 937 g/mol. The van der Waals surface area contributed by atoms with E-state index in [4.69, 9.17) is 0 Å². The molecule has 0 bridgehead atoms. The molecule has 2 N–H and O–H groups in total. The molecule has 0 fully saturated rings. The van der Waals surface area contributed by atoms with Gasteiger partial charge in [0.25, 0.3) is 0 Å². The highest BCUT2D eigenvalue weighted by molar-refractivity contribution is 6.15. The van der Waals surface area contributed by atoms with E-state index in [0.717, 1.165) is 41.2 Å². The first-order chi connectivity index (χ1) is 38.2. The number of anilines is 2. The normalized spacial score (nSPS) is 12.3. The maximum Gasteiger partial charge on any atom is 0.0636 e. The molecule has 1 aliphatic carbocycles. The van der Waals surface area contributed by atoms with Crippen molar-refractivity contribution in [2.75, 3.05) is 5.32 Å². The minimum Gasteiger partial charge on any atom is -0.366 e. The van der Waals surface area contributed by atoms with Crippen LogP contribution in [0.5, 0.6) is 0 Å². The second-order valence-corrected chi connectivity index (χ2v) is 20.5. The molecule has 0 saturated heterocycles. The number of rotatable bonds is 8. The van der Waals surface area contributed by atoms with Crippen molar-refractivity contribution in [3.05, 3.63) is 266 Å². The summed E-state index contributed by atoms with van der Waals surface area (Å²) in [7, 11) is 0. The summed E-state index contributed by atoms with van der Waals surface area (Å²) < 4.78 is 7.26. The van der Waals surface area contributed by atoms with Gasteiger partial charge in [-0.2, -0.15) is 0 Å². The van der Waals surface area contributed by atoms with E-state index in [1.54, 1.807) is 0 Å². The summed E-state index contributed by atoms with van der Waals surface area (Å²) in [6, 6.07) is 84.8. The van der Waals surface area contributed by atoms with Crippen molar-refractivity contribution < 1.29 is 0 Å². The fourth-order valence-electron chi connectivity index (χ4n) is 12.7. The Kier molecular flexibility index (Phi) is 9.66. The minimum absolute atomic E-state index is 0.960. The first kappa shape index (κ1) is 43.3. The summed E-state index contributed by atoms with van der Waals surface area (Å²) in [5.74, 6) is 0. The van der Waals surface area contributed by atoms with Gasteiger partial charge in [0.05, 0.1) is 38.8 Å². The number of nitrogens with zero attached hydrogens (tertiary/aromatic N) is 4. The number of aromatic nitrogens is 5.